The van der Waals surface area contributed by atoms with Crippen molar-refractivity contribution >= 4 is 51.1 Å². The van der Waals surface area contributed by atoms with Gasteiger partial charge < -0.3 is 9.64 Å². The molecule has 0 saturated carbocycles. The summed E-state index contributed by atoms with van der Waals surface area (Å²) in [6.07, 6.45) is 1.01. The third kappa shape index (κ3) is 5.80. The number of nitro benzene ring substituents is 1. The molecule has 9 heteroatoms. The van der Waals surface area contributed by atoms with Crippen LogP contribution in [0.4, 0.5) is 11.4 Å². The molecule has 0 fully saturated rings. The number of anilines is 1. The monoisotopic (exact) mass is 479 g/mol. The lowest BCUT2D eigenvalue weighted by Gasteiger charge is -2.28. The second-order valence-electron chi connectivity index (χ2n) is 6.08. The predicted molar refractivity (Wildman–Crippen MR) is 122 cm³/mol. The summed E-state index contributed by atoms with van der Waals surface area (Å²) in [5.41, 5.74) is 1.17. The molecule has 0 aromatic heterocycles. The van der Waals surface area contributed by atoms with E-state index in [1.54, 1.807) is 11.8 Å². The van der Waals surface area contributed by atoms with Gasteiger partial charge in [0, 0.05) is 30.0 Å². The van der Waals surface area contributed by atoms with E-state index in [4.69, 9.17) is 4.74 Å². The van der Waals surface area contributed by atoms with Crippen molar-refractivity contribution in [1.29, 1.82) is 0 Å². The lowest BCUT2D eigenvalue weighted by Crippen LogP contribution is -2.36. The Morgan fingerprint density at radius 1 is 1.24 bits per heavy atom. The molecule has 0 spiro atoms. The number of amidine groups is 1. The number of carbonyl (C=O) groups is 1. The number of ketones is 1. The molecule has 0 atom stereocenters. The molecule has 1 heterocycles. The van der Waals surface area contributed by atoms with Gasteiger partial charge in [-0.3, -0.25) is 19.9 Å². The van der Waals surface area contributed by atoms with Crippen LogP contribution in [0.2, 0.25) is 0 Å². The van der Waals surface area contributed by atoms with Gasteiger partial charge in [-0.1, -0.05) is 23.9 Å². The molecule has 0 saturated heterocycles. The van der Waals surface area contributed by atoms with Crippen LogP contribution in [0.3, 0.4) is 0 Å². The summed E-state index contributed by atoms with van der Waals surface area (Å²) in [5, 5.41) is 11.6. The number of hydrogen-bond acceptors (Lipinski definition) is 7. The largest absolute Gasteiger partial charge is 0.492 e. The van der Waals surface area contributed by atoms with Crippen LogP contribution < -0.4 is 9.64 Å². The van der Waals surface area contributed by atoms with E-state index in [0.717, 1.165) is 29.6 Å². The molecular weight excluding hydrogens is 458 g/mol. The van der Waals surface area contributed by atoms with Crippen molar-refractivity contribution in [2.45, 2.75) is 13.3 Å². The summed E-state index contributed by atoms with van der Waals surface area (Å²) < 4.78 is 5.75. The Balaban J connectivity index is 0.00000300. The van der Waals surface area contributed by atoms with Crippen LogP contribution in [0.25, 0.3) is 0 Å². The highest BCUT2D eigenvalue weighted by Gasteiger charge is 2.23. The zero-order chi connectivity index (χ0) is 19.9. The van der Waals surface area contributed by atoms with Crippen molar-refractivity contribution in [1.82, 2.24) is 0 Å². The summed E-state index contributed by atoms with van der Waals surface area (Å²) in [4.78, 5) is 29.7. The highest BCUT2D eigenvalue weighted by Crippen LogP contribution is 2.31. The Kier molecular flexibility index (Phi) is 8.66. The van der Waals surface area contributed by atoms with Gasteiger partial charge in [-0.05, 0) is 37.6 Å². The minimum atomic E-state index is -0.480. The molecule has 29 heavy (non-hydrogen) atoms. The normalized spacial score (nSPS) is 13.1. The number of non-ortho nitro benzene ring substituents is 1. The summed E-state index contributed by atoms with van der Waals surface area (Å²) >= 11 is 1.62. The number of hydrogen-bond donors (Lipinski definition) is 0. The van der Waals surface area contributed by atoms with Crippen molar-refractivity contribution in [2.75, 3.05) is 30.3 Å². The third-order valence-corrected chi connectivity index (χ3v) is 5.27. The molecule has 0 radical (unpaired) electrons. The van der Waals surface area contributed by atoms with E-state index in [-0.39, 0.29) is 35.0 Å². The van der Waals surface area contributed by atoms with E-state index in [1.807, 2.05) is 36.1 Å². The Labute approximate surface area is 184 Å². The molecule has 1 aliphatic heterocycles. The van der Waals surface area contributed by atoms with Crippen molar-refractivity contribution < 1.29 is 14.5 Å². The molecule has 0 bridgehead atoms. The molecule has 2 aromatic rings. The van der Waals surface area contributed by atoms with Crippen molar-refractivity contribution in [3.8, 4) is 5.75 Å². The first-order valence-corrected chi connectivity index (χ1v) is 10.0. The maximum atomic E-state index is 12.9. The first-order valence-electron chi connectivity index (χ1n) is 9.04. The predicted octanol–water partition coefficient (Wildman–Crippen LogP) is 4.75. The van der Waals surface area contributed by atoms with Crippen LogP contribution in [0.15, 0.2) is 53.5 Å². The Morgan fingerprint density at radius 3 is 2.59 bits per heavy atom. The van der Waals surface area contributed by atoms with Gasteiger partial charge in [-0.15, -0.1) is 17.0 Å². The number of halogens is 1. The summed E-state index contributed by atoms with van der Waals surface area (Å²) in [5.74, 6) is 1.49. The van der Waals surface area contributed by atoms with Crippen LogP contribution in [0.5, 0.6) is 5.75 Å². The van der Waals surface area contributed by atoms with Crippen LogP contribution >= 0.6 is 28.7 Å². The van der Waals surface area contributed by atoms with E-state index in [0.29, 0.717) is 17.9 Å². The number of para-hydroxylation sites is 2. The fourth-order valence-corrected chi connectivity index (χ4v) is 3.79. The quantitative estimate of drug-likeness (QED) is 0.323. The second-order valence-corrected chi connectivity index (χ2v) is 7.14. The lowest BCUT2D eigenvalue weighted by molar-refractivity contribution is -0.384. The smallest absolute Gasteiger partial charge is 0.269 e. The molecule has 7 nitrogen and oxygen atoms in total. The average Bonchev–Trinajstić information content (AvgIpc) is 2.73. The van der Waals surface area contributed by atoms with E-state index in [9.17, 15) is 14.9 Å². The Bertz CT molecular complexity index is 890. The van der Waals surface area contributed by atoms with Gasteiger partial charge in [-0.25, -0.2) is 0 Å². The van der Waals surface area contributed by atoms with E-state index < -0.39 is 4.92 Å². The molecule has 0 N–H and O–H groups in total. The first-order chi connectivity index (χ1) is 13.6. The van der Waals surface area contributed by atoms with Crippen molar-refractivity contribution in [2.24, 2.45) is 4.99 Å². The first kappa shape index (κ1) is 22.9. The molecular formula is C20H22BrN3O4S. The number of thioether (sulfide) groups is 1. The second kappa shape index (κ2) is 11.0. The number of carbonyl (C=O) groups excluding carboxylic acids is 1. The molecule has 2 aromatic carbocycles. The average molecular weight is 480 g/mol. The van der Waals surface area contributed by atoms with Crippen molar-refractivity contribution in [3.63, 3.8) is 0 Å². The molecule has 0 aliphatic carbocycles. The topological polar surface area (TPSA) is 85.0 Å². The number of benzene rings is 2. The fourth-order valence-electron chi connectivity index (χ4n) is 2.83. The van der Waals surface area contributed by atoms with Gasteiger partial charge in [0.2, 0.25) is 0 Å². The summed E-state index contributed by atoms with van der Waals surface area (Å²) in [6, 6.07) is 13.2. The van der Waals surface area contributed by atoms with Crippen LogP contribution in [-0.2, 0) is 0 Å². The number of aliphatic imine (C=N–C) groups is 1. The Morgan fingerprint density at radius 2 is 1.97 bits per heavy atom. The lowest BCUT2D eigenvalue weighted by atomic mass is 10.1. The van der Waals surface area contributed by atoms with Gasteiger partial charge >= 0.3 is 0 Å². The van der Waals surface area contributed by atoms with Gasteiger partial charge in [0.15, 0.2) is 11.0 Å². The highest BCUT2D eigenvalue weighted by atomic mass is 79.9. The number of rotatable bonds is 7. The molecule has 154 valence electrons. The zero-order valence-electron chi connectivity index (χ0n) is 15.9. The third-order valence-electron chi connectivity index (χ3n) is 4.17. The number of Topliss-reactive ketones (excluding diaryl/α,β-unsaturated/α-hetero) is 1. The zero-order valence-corrected chi connectivity index (χ0v) is 18.5. The van der Waals surface area contributed by atoms with E-state index >= 15 is 0 Å². The maximum absolute atomic E-state index is 12.9. The highest BCUT2D eigenvalue weighted by molar-refractivity contribution is 8.93. The molecule has 0 amide bonds. The van der Waals surface area contributed by atoms with Crippen molar-refractivity contribution in [3.05, 3.63) is 64.2 Å². The minimum absolute atomic E-state index is 0. The Hall–Kier alpha value is -2.39. The van der Waals surface area contributed by atoms with Crippen LogP contribution in [0, 0.1) is 10.1 Å². The maximum Gasteiger partial charge on any atom is 0.269 e. The number of nitro groups is 1. The number of ether oxygens (including phenoxy) is 1. The van der Waals surface area contributed by atoms with Crippen LogP contribution in [-0.4, -0.2) is 41.3 Å². The SMILES string of the molecule is Br.CCOc1ccccc1N(CC(=O)c1ccc([N+](=O)[O-])cc1)C1=NCCCS1. The minimum Gasteiger partial charge on any atom is -0.492 e. The van der Waals surface area contributed by atoms with E-state index in [2.05, 4.69) is 4.99 Å². The van der Waals surface area contributed by atoms with E-state index in [1.165, 1.54) is 24.3 Å². The molecule has 1 aliphatic rings. The fraction of sp³-hybridized carbons (Fsp3) is 0.300. The standard InChI is InChI=1S/C20H21N3O4S.BrH/c1-2-27-19-7-4-3-6-17(19)22(20-21-12-5-13-28-20)14-18(24)15-8-10-16(11-9-15)23(25)26;/h3-4,6-11H,2,5,12-14H2,1H3;1H. The van der Waals surface area contributed by atoms with Gasteiger partial charge in [0.05, 0.1) is 23.8 Å². The van der Waals surface area contributed by atoms with Crippen LogP contribution in [0.1, 0.15) is 23.7 Å². The van der Waals surface area contributed by atoms with Gasteiger partial charge in [0.25, 0.3) is 5.69 Å². The summed E-state index contributed by atoms with van der Waals surface area (Å²) in [7, 11) is 0. The van der Waals surface area contributed by atoms with Gasteiger partial charge in [-0.2, -0.15) is 0 Å². The summed E-state index contributed by atoms with van der Waals surface area (Å²) in [6.45, 7) is 3.23. The number of nitrogens with zero attached hydrogens (tertiary/aromatic N) is 3. The van der Waals surface area contributed by atoms with Gasteiger partial charge in [0.1, 0.15) is 5.75 Å². The molecule has 0 unspecified atom stereocenters. The molecule has 3 rings (SSSR count).